The van der Waals surface area contributed by atoms with E-state index < -0.39 is 0 Å². The Morgan fingerprint density at radius 2 is 1.70 bits per heavy atom. The van der Waals surface area contributed by atoms with E-state index in [1.807, 2.05) is 0 Å². The highest BCUT2D eigenvalue weighted by atomic mass is 79.9. The first-order chi connectivity index (χ1) is 9.52. The number of nitrogens with zero attached hydrogens (tertiary/aromatic N) is 2. The van der Waals surface area contributed by atoms with Gasteiger partial charge in [0, 0.05) is 18.1 Å². The molecule has 0 atom stereocenters. The van der Waals surface area contributed by atoms with Gasteiger partial charge in [-0.2, -0.15) is 4.98 Å². The zero-order valence-electron chi connectivity index (χ0n) is 10.0. The van der Waals surface area contributed by atoms with Crippen LogP contribution < -0.4 is 4.74 Å². The van der Waals surface area contributed by atoms with Crippen LogP contribution >= 0.6 is 50.7 Å². The number of hydrogen-bond donors (Lipinski definition) is 0. The molecule has 1 aromatic heterocycles. The van der Waals surface area contributed by atoms with Crippen molar-refractivity contribution in [1.82, 2.24) is 9.97 Å². The van der Waals surface area contributed by atoms with Crippen LogP contribution in [0, 0.1) is 0 Å². The van der Waals surface area contributed by atoms with Crippen LogP contribution in [0.25, 0.3) is 0 Å². The minimum atomic E-state index is 0.376. The number of halogens is 4. The van der Waals surface area contributed by atoms with E-state index >= 15 is 0 Å². The summed E-state index contributed by atoms with van der Waals surface area (Å²) in [5, 5.41) is 1.13. The van der Waals surface area contributed by atoms with Gasteiger partial charge in [0.15, 0.2) is 0 Å². The predicted octanol–water partition coefficient (Wildman–Crippen LogP) is 5.87. The molecule has 0 aliphatic heterocycles. The highest BCUT2D eigenvalue weighted by molar-refractivity contribution is 9.10. The van der Waals surface area contributed by atoms with E-state index in [4.69, 9.17) is 39.5 Å². The molecule has 1 aromatic carbocycles. The number of benzene rings is 1. The van der Waals surface area contributed by atoms with Crippen molar-refractivity contribution in [1.29, 1.82) is 0 Å². The predicted molar refractivity (Wildman–Crippen MR) is 83.3 cm³/mol. The lowest BCUT2D eigenvalue weighted by atomic mass is 10.3. The molecule has 0 spiro atoms. The van der Waals surface area contributed by atoms with E-state index in [1.165, 1.54) is 0 Å². The Morgan fingerprint density at radius 1 is 1.00 bits per heavy atom. The molecule has 1 aliphatic rings. The molecular weight excluding hydrogens is 386 g/mol. The van der Waals surface area contributed by atoms with E-state index in [-0.39, 0.29) is 0 Å². The molecule has 3 rings (SSSR count). The van der Waals surface area contributed by atoms with E-state index in [9.17, 15) is 0 Å². The fourth-order valence-electron chi connectivity index (χ4n) is 1.69. The Labute approximate surface area is 139 Å². The van der Waals surface area contributed by atoms with Crippen LogP contribution in [0.15, 0.2) is 22.8 Å². The second kappa shape index (κ2) is 5.68. The lowest BCUT2D eigenvalue weighted by Gasteiger charge is -2.09. The molecule has 1 saturated carbocycles. The van der Waals surface area contributed by atoms with Crippen molar-refractivity contribution < 1.29 is 4.74 Å². The summed E-state index contributed by atoms with van der Waals surface area (Å²) < 4.78 is 6.37. The third-order valence-electron chi connectivity index (χ3n) is 2.82. The molecule has 0 saturated heterocycles. The van der Waals surface area contributed by atoms with E-state index in [1.54, 1.807) is 18.2 Å². The van der Waals surface area contributed by atoms with E-state index in [0.717, 1.165) is 18.7 Å². The Balaban J connectivity index is 1.92. The van der Waals surface area contributed by atoms with Crippen molar-refractivity contribution in [3.8, 4) is 11.6 Å². The van der Waals surface area contributed by atoms with Crippen LogP contribution in [-0.4, -0.2) is 9.97 Å². The van der Waals surface area contributed by atoms with Gasteiger partial charge in [-0.1, -0.05) is 34.8 Å². The van der Waals surface area contributed by atoms with Crippen molar-refractivity contribution in [2.45, 2.75) is 18.8 Å². The van der Waals surface area contributed by atoms with Crippen molar-refractivity contribution in [2.75, 3.05) is 0 Å². The topological polar surface area (TPSA) is 35.0 Å². The van der Waals surface area contributed by atoms with E-state index in [0.29, 0.717) is 37.2 Å². The molecule has 0 radical (unpaired) electrons. The first kappa shape index (κ1) is 14.4. The van der Waals surface area contributed by atoms with Crippen molar-refractivity contribution in [2.24, 2.45) is 0 Å². The van der Waals surface area contributed by atoms with Gasteiger partial charge in [0.2, 0.25) is 5.88 Å². The first-order valence-electron chi connectivity index (χ1n) is 5.90. The number of hydrogen-bond acceptors (Lipinski definition) is 3. The Hall–Kier alpha value is -0.550. The van der Waals surface area contributed by atoms with Crippen molar-refractivity contribution >= 4 is 50.7 Å². The highest BCUT2D eigenvalue weighted by Crippen LogP contribution is 2.40. The molecule has 0 bridgehead atoms. The quantitative estimate of drug-likeness (QED) is 0.482. The smallest absolute Gasteiger partial charge is 0.223 e. The number of rotatable bonds is 3. The molecule has 1 aliphatic carbocycles. The summed E-state index contributed by atoms with van der Waals surface area (Å²) in [4.78, 5) is 8.72. The SMILES string of the molecule is Clc1cc(Cl)c(Oc2cc(Br)nc(C3CC3)n2)cc1Cl. The summed E-state index contributed by atoms with van der Waals surface area (Å²) >= 11 is 21.3. The Morgan fingerprint density at radius 3 is 2.40 bits per heavy atom. The molecule has 104 valence electrons. The number of ether oxygens (including phenoxy) is 1. The highest BCUT2D eigenvalue weighted by Gasteiger charge is 2.27. The fraction of sp³-hybridized carbons (Fsp3) is 0.231. The molecule has 2 aromatic rings. The average Bonchev–Trinajstić information content (AvgIpc) is 3.19. The second-order valence-electron chi connectivity index (χ2n) is 4.46. The molecule has 3 nitrogen and oxygen atoms in total. The zero-order chi connectivity index (χ0) is 14.3. The minimum absolute atomic E-state index is 0.376. The van der Waals surface area contributed by atoms with Gasteiger partial charge < -0.3 is 4.74 Å². The minimum Gasteiger partial charge on any atom is -0.437 e. The van der Waals surface area contributed by atoms with Gasteiger partial charge in [-0.05, 0) is 34.8 Å². The molecule has 0 unspecified atom stereocenters. The average molecular weight is 394 g/mol. The maximum absolute atomic E-state index is 6.08. The number of aromatic nitrogens is 2. The monoisotopic (exact) mass is 392 g/mol. The van der Waals surface area contributed by atoms with Gasteiger partial charge in [-0.3, -0.25) is 0 Å². The largest absolute Gasteiger partial charge is 0.437 e. The van der Waals surface area contributed by atoms with Gasteiger partial charge in [-0.15, -0.1) is 0 Å². The van der Waals surface area contributed by atoms with Crippen LogP contribution in [0.2, 0.25) is 15.1 Å². The van der Waals surface area contributed by atoms with Crippen LogP contribution in [0.1, 0.15) is 24.6 Å². The van der Waals surface area contributed by atoms with Gasteiger partial charge in [0.1, 0.15) is 16.2 Å². The van der Waals surface area contributed by atoms with Gasteiger partial charge in [0.25, 0.3) is 0 Å². The molecule has 20 heavy (non-hydrogen) atoms. The lowest BCUT2D eigenvalue weighted by molar-refractivity contribution is 0.458. The third kappa shape index (κ3) is 3.19. The summed E-state index contributed by atoms with van der Waals surface area (Å²) in [7, 11) is 0. The van der Waals surface area contributed by atoms with Crippen LogP contribution in [0.3, 0.4) is 0 Å². The Kier molecular flexibility index (Phi) is 4.09. The maximum Gasteiger partial charge on any atom is 0.223 e. The van der Waals surface area contributed by atoms with Crippen molar-refractivity contribution in [3.63, 3.8) is 0 Å². The van der Waals surface area contributed by atoms with Gasteiger partial charge in [0.05, 0.1) is 15.1 Å². The van der Waals surface area contributed by atoms with Crippen LogP contribution in [0.5, 0.6) is 11.6 Å². The first-order valence-corrected chi connectivity index (χ1v) is 7.82. The normalized spacial score (nSPS) is 14.4. The molecule has 0 N–H and O–H groups in total. The van der Waals surface area contributed by atoms with Gasteiger partial charge >= 0.3 is 0 Å². The summed E-state index contributed by atoms with van der Waals surface area (Å²) in [5.74, 6) is 2.05. The third-order valence-corrected chi connectivity index (χ3v) is 4.24. The van der Waals surface area contributed by atoms with Crippen molar-refractivity contribution in [3.05, 3.63) is 43.7 Å². The summed E-state index contributed by atoms with van der Waals surface area (Å²) in [5.41, 5.74) is 0. The molecule has 1 fully saturated rings. The molecule has 0 amide bonds. The van der Waals surface area contributed by atoms with E-state index in [2.05, 4.69) is 25.9 Å². The summed E-state index contributed by atoms with van der Waals surface area (Å²) in [6.45, 7) is 0. The lowest BCUT2D eigenvalue weighted by Crippen LogP contribution is -1.97. The molecule has 7 heteroatoms. The fourth-order valence-corrected chi connectivity index (χ4v) is 2.64. The molecule has 1 heterocycles. The maximum atomic E-state index is 6.08. The van der Waals surface area contributed by atoms with Gasteiger partial charge in [-0.25, -0.2) is 4.98 Å². The Bertz CT molecular complexity index is 677. The summed E-state index contributed by atoms with van der Waals surface area (Å²) in [6, 6.07) is 4.79. The standard InChI is InChI=1S/C13H8BrCl3N2O/c14-11-5-12(19-13(18-11)6-1-2-6)20-10-4-8(16)7(15)3-9(10)17/h3-6H,1-2H2. The zero-order valence-corrected chi connectivity index (χ0v) is 13.9. The van der Waals surface area contributed by atoms with Crippen LogP contribution in [0.4, 0.5) is 0 Å². The molecular formula is C13H8BrCl3N2O. The second-order valence-corrected chi connectivity index (χ2v) is 6.49. The van der Waals surface area contributed by atoms with Crippen LogP contribution in [-0.2, 0) is 0 Å². The summed E-state index contributed by atoms with van der Waals surface area (Å²) in [6.07, 6.45) is 2.23.